The van der Waals surface area contributed by atoms with Gasteiger partial charge in [-0.25, -0.2) is 0 Å². The second-order valence-corrected chi connectivity index (χ2v) is 6.76. The standard InChI is InChI=1S/C20H18N2O2S/c1-14-10-17(13-25-14)20(24)22-18-9-5-8-16(11-18)19(23)21-12-15-6-3-2-4-7-15/h2-11,13H,12H2,1H3,(H,21,23)(H,22,24). The van der Waals surface area contributed by atoms with Crippen molar-refractivity contribution in [2.75, 3.05) is 5.32 Å². The Labute approximate surface area is 150 Å². The molecular weight excluding hydrogens is 332 g/mol. The molecule has 0 radical (unpaired) electrons. The molecule has 25 heavy (non-hydrogen) atoms. The fourth-order valence-electron chi connectivity index (χ4n) is 2.38. The van der Waals surface area contributed by atoms with Crippen molar-refractivity contribution < 1.29 is 9.59 Å². The Balaban J connectivity index is 1.64. The molecule has 0 aliphatic carbocycles. The minimum atomic E-state index is -0.175. The Morgan fingerprint density at radius 2 is 1.72 bits per heavy atom. The Morgan fingerprint density at radius 3 is 2.44 bits per heavy atom. The van der Waals surface area contributed by atoms with Crippen molar-refractivity contribution in [3.8, 4) is 0 Å². The maximum atomic E-state index is 12.3. The van der Waals surface area contributed by atoms with Crippen LogP contribution in [0.15, 0.2) is 66.0 Å². The number of amides is 2. The molecule has 0 aliphatic heterocycles. The van der Waals surface area contributed by atoms with Gasteiger partial charge in [0, 0.05) is 28.1 Å². The summed E-state index contributed by atoms with van der Waals surface area (Å²) in [7, 11) is 0. The van der Waals surface area contributed by atoms with Gasteiger partial charge in [0.1, 0.15) is 0 Å². The van der Waals surface area contributed by atoms with Crippen molar-refractivity contribution in [2.45, 2.75) is 13.5 Å². The van der Waals surface area contributed by atoms with E-state index in [-0.39, 0.29) is 11.8 Å². The number of rotatable bonds is 5. The van der Waals surface area contributed by atoms with Gasteiger partial charge >= 0.3 is 0 Å². The van der Waals surface area contributed by atoms with E-state index < -0.39 is 0 Å². The van der Waals surface area contributed by atoms with E-state index in [1.807, 2.05) is 48.7 Å². The molecule has 4 nitrogen and oxygen atoms in total. The van der Waals surface area contributed by atoms with Gasteiger partial charge in [-0.3, -0.25) is 9.59 Å². The van der Waals surface area contributed by atoms with Gasteiger partial charge in [-0.1, -0.05) is 36.4 Å². The van der Waals surface area contributed by atoms with E-state index in [0.717, 1.165) is 10.4 Å². The van der Waals surface area contributed by atoms with Crippen LogP contribution >= 0.6 is 11.3 Å². The highest BCUT2D eigenvalue weighted by Crippen LogP contribution is 2.16. The van der Waals surface area contributed by atoms with Gasteiger partial charge < -0.3 is 10.6 Å². The van der Waals surface area contributed by atoms with Crippen LogP contribution in [0, 0.1) is 6.92 Å². The zero-order valence-corrected chi connectivity index (χ0v) is 14.6. The monoisotopic (exact) mass is 350 g/mol. The summed E-state index contributed by atoms with van der Waals surface area (Å²) in [6.07, 6.45) is 0. The molecule has 2 aromatic carbocycles. The second-order valence-electron chi connectivity index (χ2n) is 5.65. The lowest BCUT2D eigenvalue weighted by Crippen LogP contribution is -2.23. The fraction of sp³-hybridized carbons (Fsp3) is 0.100. The van der Waals surface area contributed by atoms with Gasteiger partial charge in [0.05, 0.1) is 5.56 Å². The van der Waals surface area contributed by atoms with Crippen LogP contribution in [0.1, 0.15) is 31.2 Å². The van der Waals surface area contributed by atoms with Gasteiger partial charge in [-0.2, -0.15) is 0 Å². The molecule has 5 heteroatoms. The predicted molar refractivity (Wildman–Crippen MR) is 101 cm³/mol. The third-order valence-corrected chi connectivity index (χ3v) is 4.53. The average Bonchev–Trinajstić information content (AvgIpc) is 3.07. The van der Waals surface area contributed by atoms with Crippen LogP contribution < -0.4 is 10.6 Å². The number of anilines is 1. The number of aryl methyl sites for hydroxylation is 1. The summed E-state index contributed by atoms with van der Waals surface area (Å²) in [5.74, 6) is -0.350. The first-order valence-corrected chi connectivity index (χ1v) is 8.78. The first-order chi connectivity index (χ1) is 12.1. The molecule has 2 N–H and O–H groups in total. The molecule has 1 heterocycles. The zero-order chi connectivity index (χ0) is 17.6. The summed E-state index contributed by atoms with van der Waals surface area (Å²) in [4.78, 5) is 25.6. The molecule has 2 amide bonds. The molecule has 0 aliphatic rings. The lowest BCUT2D eigenvalue weighted by atomic mass is 10.1. The number of hydrogen-bond donors (Lipinski definition) is 2. The van der Waals surface area contributed by atoms with E-state index in [1.165, 1.54) is 11.3 Å². The van der Waals surface area contributed by atoms with E-state index >= 15 is 0 Å². The summed E-state index contributed by atoms with van der Waals surface area (Å²) < 4.78 is 0. The minimum absolute atomic E-state index is 0.175. The Kier molecular flexibility index (Phi) is 5.26. The minimum Gasteiger partial charge on any atom is -0.348 e. The average molecular weight is 350 g/mol. The molecule has 0 unspecified atom stereocenters. The van der Waals surface area contributed by atoms with Crippen molar-refractivity contribution in [3.63, 3.8) is 0 Å². The van der Waals surface area contributed by atoms with Gasteiger partial charge in [0.15, 0.2) is 0 Å². The topological polar surface area (TPSA) is 58.2 Å². The van der Waals surface area contributed by atoms with E-state index in [2.05, 4.69) is 10.6 Å². The van der Waals surface area contributed by atoms with Crippen LogP contribution in [-0.4, -0.2) is 11.8 Å². The van der Waals surface area contributed by atoms with E-state index in [0.29, 0.717) is 23.4 Å². The van der Waals surface area contributed by atoms with E-state index in [1.54, 1.807) is 24.3 Å². The molecule has 126 valence electrons. The van der Waals surface area contributed by atoms with Gasteiger partial charge in [0.25, 0.3) is 11.8 Å². The van der Waals surface area contributed by atoms with Crippen molar-refractivity contribution in [1.29, 1.82) is 0 Å². The number of carbonyl (C=O) groups is 2. The normalized spacial score (nSPS) is 10.3. The van der Waals surface area contributed by atoms with Crippen LogP contribution in [0.25, 0.3) is 0 Å². The van der Waals surface area contributed by atoms with Crippen molar-refractivity contribution in [2.24, 2.45) is 0 Å². The van der Waals surface area contributed by atoms with Crippen LogP contribution in [0.4, 0.5) is 5.69 Å². The third-order valence-electron chi connectivity index (χ3n) is 3.67. The zero-order valence-electron chi connectivity index (χ0n) is 13.8. The van der Waals surface area contributed by atoms with Gasteiger partial charge in [-0.15, -0.1) is 11.3 Å². The molecule has 3 rings (SSSR count). The van der Waals surface area contributed by atoms with Crippen LogP contribution in [0.2, 0.25) is 0 Å². The number of carbonyl (C=O) groups excluding carboxylic acids is 2. The van der Waals surface area contributed by atoms with Gasteiger partial charge in [0.2, 0.25) is 0 Å². The van der Waals surface area contributed by atoms with E-state index in [9.17, 15) is 9.59 Å². The lowest BCUT2D eigenvalue weighted by Gasteiger charge is -2.08. The molecule has 0 fully saturated rings. The fourth-order valence-corrected chi connectivity index (χ4v) is 3.07. The van der Waals surface area contributed by atoms with Crippen LogP contribution in [0.5, 0.6) is 0 Å². The smallest absolute Gasteiger partial charge is 0.256 e. The van der Waals surface area contributed by atoms with Gasteiger partial charge in [-0.05, 0) is 36.8 Å². The maximum Gasteiger partial charge on any atom is 0.256 e. The third kappa shape index (κ3) is 4.55. The first-order valence-electron chi connectivity index (χ1n) is 7.90. The summed E-state index contributed by atoms with van der Waals surface area (Å²) in [6, 6.07) is 18.5. The highest BCUT2D eigenvalue weighted by molar-refractivity contribution is 7.10. The maximum absolute atomic E-state index is 12.3. The molecule has 0 saturated carbocycles. The van der Waals surface area contributed by atoms with Crippen molar-refractivity contribution in [3.05, 3.63) is 87.6 Å². The highest BCUT2D eigenvalue weighted by atomic mass is 32.1. The Bertz CT molecular complexity index is 887. The SMILES string of the molecule is Cc1cc(C(=O)Nc2cccc(C(=O)NCc3ccccc3)c2)cs1. The molecule has 0 bridgehead atoms. The number of benzene rings is 2. The first kappa shape index (κ1) is 16.9. The molecule has 1 aromatic heterocycles. The summed E-state index contributed by atoms with van der Waals surface area (Å²) in [6.45, 7) is 2.42. The van der Waals surface area contributed by atoms with Crippen molar-refractivity contribution >= 4 is 28.8 Å². The largest absolute Gasteiger partial charge is 0.348 e. The highest BCUT2D eigenvalue weighted by Gasteiger charge is 2.10. The number of hydrogen-bond acceptors (Lipinski definition) is 3. The van der Waals surface area contributed by atoms with Crippen LogP contribution in [-0.2, 0) is 6.54 Å². The molecule has 0 atom stereocenters. The number of thiophene rings is 1. The molecule has 3 aromatic rings. The Hall–Kier alpha value is -2.92. The number of nitrogens with one attached hydrogen (secondary N) is 2. The molecular formula is C20H18N2O2S. The quantitative estimate of drug-likeness (QED) is 0.723. The van der Waals surface area contributed by atoms with Crippen LogP contribution in [0.3, 0.4) is 0 Å². The summed E-state index contributed by atoms with van der Waals surface area (Å²) in [5.41, 5.74) is 2.77. The molecule has 0 saturated heterocycles. The summed E-state index contributed by atoms with van der Waals surface area (Å²) >= 11 is 1.53. The summed E-state index contributed by atoms with van der Waals surface area (Å²) in [5, 5.41) is 7.53. The van der Waals surface area contributed by atoms with E-state index in [4.69, 9.17) is 0 Å². The molecule has 0 spiro atoms. The van der Waals surface area contributed by atoms with Crippen molar-refractivity contribution in [1.82, 2.24) is 5.32 Å². The lowest BCUT2D eigenvalue weighted by molar-refractivity contribution is 0.0949. The predicted octanol–water partition coefficient (Wildman–Crippen LogP) is 4.24. The second kappa shape index (κ2) is 7.77. The Morgan fingerprint density at radius 1 is 0.920 bits per heavy atom.